The summed E-state index contributed by atoms with van der Waals surface area (Å²) in [5.41, 5.74) is 10.6. The summed E-state index contributed by atoms with van der Waals surface area (Å²) in [6, 6.07) is 13.5. The summed E-state index contributed by atoms with van der Waals surface area (Å²) in [7, 11) is 0. The third kappa shape index (κ3) is 3.18. The smallest absolute Gasteiger partial charge is 0.258 e. The standard InChI is InChI=1S/C21H20N4O2/c1-12(2)26-19-9-6-13(10-14(19)11-22)21-24-20(25-27-21)17-5-3-4-16-15(17)7-8-18(16)23/h3-6,9-10,12,18H,7-8,23H2,1-2H3. The normalized spacial score (nSPS) is 15.6. The van der Waals surface area contributed by atoms with Gasteiger partial charge in [0.1, 0.15) is 11.8 Å². The van der Waals surface area contributed by atoms with Gasteiger partial charge in [-0.1, -0.05) is 23.4 Å². The molecule has 0 radical (unpaired) electrons. The number of aromatic nitrogens is 2. The van der Waals surface area contributed by atoms with Crippen molar-refractivity contribution in [3.05, 3.63) is 53.1 Å². The highest BCUT2D eigenvalue weighted by Gasteiger charge is 2.24. The SMILES string of the molecule is CC(C)Oc1ccc(-c2nc(-c3cccc4c3CCC4N)no2)cc1C#N. The van der Waals surface area contributed by atoms with Crippen molar-refractivity contribution in [2.45, 2.75) is 38.8 Å². The third-order valence-electron chi connectivity index (χ3n) is 4.69. The van der Waals surface area contributed by atoms with E-state index in [1.54, 1.807) is 12.1 Å². The Morgan fingerprint density at radius 3 is 2.93 bits per heavy atom. The molecule has 2 aromatic carbocycles. The maximum atomic E-state index is 9.41. The Morgan fingerprint density at radius 1 is 1.30 bits per heavy atom. The minimum absolute atomic E-state index is 0.00972. The summed E-state index contributed by atoms with van der Waals surface area (Å²) >= 11 is 0. The Hall–Kier alpha value is -3.17. The topological polar surface area (TPSA) is 98.0 Å². The molecule has 1 atom stereocenters. The lowest BCUT2D eigenvalue weighted by atomic mass is 10.0. The van der Waals surface area contributed by atoms with Crippen molar-refractivity contribution < 1.29 is 9.26 Å². The molecule has 1 aromatic heterocycles. The highest BCUT2D eigenvalue weighted by atomic mass is 16.5. The zero-order valence-corrected chi connectivity index (χ0v) is 15.3. The van der Waals surface area contributed by atoms with Crippen molar-refractivity contribution in [3.8, 4) is 34.7 Å². The summed E-state index contributed by atoms with van der Waals surface area (Å²) < 4.78 is 11.1. The van der Waals surface area contributed by atoms with Gasteiger partial charge in [0.25, 0.3) is 5.89 Å². The number of benzene rings is 2. The minimum atomic E-state index is -0.00972. The van der Waals surface area contributed by atoms with E-state index in [9.17, 15) is 5.26 Å². The molecule has 136 valence electrons. The van der Waals surface area contributed by atoms with E-state index in [-0.39, 0.29) is 12.1 Å². The van der Waals surface area contributed by atoms with Crippen molar-refractivity contribution in [1.82, 2.24) is 10.1 Å². The van der Waals surface area contributed by atoms with Gasteiger partial charge in [-0.2, -0.15) is 10.2 Å². The lowest BCUT2D eigenvalue weighted by molar-refractivity contribution is 0.242. The lowest BCUT2D eigenvalue weighted by Crippen LogP contribution is -2.06. The van der Waals surface area contributed by atoms with Crippen LogP contribution in [0.5, 0.6) is 5.75 Å². The quantitative estimate of drug-likeness (QED) is 0.755. The van der Waals surface area contributed by atoms with Crippen molar-refractivity contribution >= 4 is 0 Å². The molecule has 1 heterocycles. The van der Waals surface area contributed by atoms with E-state index >= 15 is 0 Å². The van der Waals surface area contributed by atoms with Crippen LogP contribution in [0.2, 0.25) is 0 Å². The van der Waals surface area contributed by atoms with Gasteiger partial charge in [-0.25, -0.2) is 0 Å². The molecule has 0 fully saturated rings. The first-order chi connectivity index (χ1) is 13.1. The zero-order chi connectivity index (χ0) is 19.0. The first-order valence-corrected chi connectivity index (χ1v) is 8.99. The lowest BCUT2D eigenvalue weighted by Gasteiger charge is -2.11. The van der Waals surface area contributed by atoms with Gasteiger partial charge in [-0.05, 0) is 56.0 Å². The van der Waals surface area contributed by atoms with Gasteiger partial charge >= 0.3 is 0 Å². The Balaban J connectivity index is 1.69. The molecule has 27 heavy (non-hydrogen) atoms. The number of hydrogen-bond acceptors (Lipinski definition) is 6. The summed E-state index contributed by atoms with van der Waals surface area (Å²) in [6.45, 7) is 3.84. The van der Waals surface area contributed by atoms with E-state index in [1.165, 1.54) is 5.56 Å². The highest BCUT2D eigenvalue weighted by Crippen LogP contribution is 2.36. The molecule has 6 heteroatoms. The van der Waals surface area contributed by atoms with Crippen LogP contribution in [-0.4, -0.2) is 16.2 Å². The van der Waals surface area contributed by atoms with Crippen molar-refractivity contribution in [1.29, 1.82) is 5.26 Å². The fourth-order valence-electron chi connectivity index (χ4n) is 3.45. The molecule has 6 nitrogen and oxygen atoms in total. The molecule has 2 N–H and O–H groups in total. The average Bonchev–Trinajstić information content (AvgIpc) is 3.29. The van der Waals surface area contributed by atoms with Crippen LogP contribution in [0.4, 0.5) is 0 Å². The van der Waals surface area contributed by atoms with Gasteiger partial charge in [0.15, 0.2) is 0 Å². The van der Waals surface area contributed by atoms with E-state index in [1.807, 2.05) is 32.0 Å². The Bertz CT molecular complexity index is 1030. The van der Waals surface area contributed by atoms with Crippen molar-refractivity contribution in [3.63, 3.8) is 0 Å². The van der Waals surface area contributed by atoms with Gasteiger partial charge in [-0.15, -0.1) is 0 Å². The van der Waals surface area contributed by atoms with Crippen LogP contribution in [0.3, 0.4) is 0 Å². The summed E-state index contributed by atoms with van der Waals surface area (Å²) in [4.78, 5) is 4.55. The van der Waals surface area contributed by atoms with Crippen molar-refractivity contribution in [2.24, 2.45) is 5.73 Å². The molecule has 0 spiro atoms. The third-order valence-corrected chi connectivity index (χ3v) is 4.69. The van der Waals surface area contributed by atoms with Crippen LogP contribution in [0.1, 0.15) is 43.0 Å². The molecule has 0 amide bonds. The second kappa shape index (κ2) is 6.86. The van der Waals surface area contributed by atoms with Gasteiger partial charge in [0, 0.05) is 17.2 Å². The van der Waals surface area contributed by atoms with Gasteiger partial charge < -0.3 is 15.0 Å². The van der Waals surface area contributed by atoms with Crippen LogP contribution >= 0.6 is 0 Å². The monoisotopic (exact) mass is 360 g/mol. The Labute approximate surface area is 157 Å². The number of rotatable bonds is 4. The molecule has 4 rings (SSSR count). The maximum Gasteiger partial charge on any atom is 0.258 e. The molecule has 0 bridgehead atoms. The largest absolute Gasteiger partial charge is 0.490 e. The fraction of sp³-hybridized carbons (Fsp3) is 0.286. The van der Waals surface area contributed by atoms with E-state index in [2.05, 4.69) is 22.3 Å². The number of nitrogens with zero attached hydrogens (tertiary/aromatic N) is 3. The molecule has 0 aliphatic heterocycles. The molecule has 1 aliphatic carbocycles. The second-order valence-corrected chi connectivity index (χ2v) is 6.93. The van der Waals surface area contributed by atoms with Gasteiger partial charge in [-0.3, -0.25) is 0 Å². The molecule has 3 aromatic rings. The van der Waals surface area contributed by atoms with E-state index in [0.29, 0.717) is 28.6 Å². The number of nitrogens with two attached hydrogens (primary N) is 1. The predicted octanol–water partition coefficient (Wildman–Crippen LogP) is 4.01. The first-order valence-electron chi connectivity index (χ1n) is 8.99. The summed E-state index contributed by atoms with van der Waals surface area (Å²) in [5, 5.41) is 13.6. The highest BCUT2D eigenvalue weighted by molar-refractivity contribution is 5.67. The summed E-state index contributed by atoms with van der Waals surface area (Å²) in [6.07, 6.45) is 1.83. The van der Waals surface area contributed by atoms with Gasteiger partial charge in [0.2, 0.25) is 5.82 Å². The molecule has 1 unspecified atom stereocenters. The number of nitriles is 1. The van der Waals surface area contributed by atoms with Crippen molar-refractivity contribution in [2.75, 3.05) is 0 Å². The molecule has 1 aliphatic rings. The van der Waals surface area contributed by atoms with Gasteiger partial charge in [0.05, 0.1) is 11.7 Å². The van der Waals surface area contributed by atoms with E-state index in [0.717, 1.165) is 24.0 Å². The van der Waals surface area contributed by atoms with Crippen LogP contribution in [0.25, 0.3) is 22.8 Å². The maximum absolute atomic E-state index is 9.41. The summed E-state index contributed by atoms with van der Waals surface area (Å²) in [5.74, 6) is 1.46. The number of ether oxygens (including phenoxy) is 1. The number of fused-ring (bicyclic) bond motifs is 1. The zero-order valence-electron chi connectivity index (χ0n) is 15.3. The van der Waals surface area contributed by atoms with Crippen LogP contribution in [0.15, 0.2) is 40.9 Å². The predicted molar refractivity (Wildman–Crippen MR) is 101 cm³/mol. The Kier molecular flexibility index (Phi) is 4.38. The first kappa shape index (κ1) is 17.3. The molecule has 0 saturated carbocycles. The van der Waals surface area contributed by atoms with Crippen LogP contribution in [-0.2, 0) is 6.42 Å². The van der Waals surface area contributed by atoms with Crippen LogP contribution < -0.4 is 10.5 Å². The van der Waals surface area contributed by atoms with E-state index in [4.69, 9.17) is 15.0 Å². The number of hydrogen-bond donors (Lipinski definition) is 1. The Morgan fingerprint density at radius 2 is 2.15 bits per heavy atom. The average molecular weight is 360 g/mol. The van der Waals surface area contributed by atoms with E-state index < -0.39 is 0 Å². The molecule has 0 saturated heterocycles. The second-order valence-electron chi connectivity index (χ2n) is 6.93. The molecular weight excluding hydrogens is 340 g/mol. The van der Waals surface area contributed by atoms with Crippen LogP contribution in [0, 0.1) is 11.3 Å². The minimum Gasteiger partial charge on any atom is -0.490 e. The molecular formula is C21H20N4O2. The fourth-order valence-corrected chi connectivity index (χ4v) is 3.45.